The number of likely N-dealkylation sites (N-methyl/N-ethyl adjacent to an activating group) is 1. The molecule has 0 atom stereocenters. The first-order valence-corrected chi connectivity index (χ1v) is 4.91. The Morgan fingerprint density at radius 2 is 1.81 bits per heavy atom. The molecule has 16 heavy (non-hydrogen) atoms. The molecule has 0 aliphatic carbocycles. The lowest BCUT2D eigenvalue weighted by atomic mass is 10.4. The number of amidine groups is 1. The number of rotatable bonds is 7. The highest BCUT2D eigenvalue weighted by Crippen LogP contribution is 2.22. The van der Waals surface area contributed by atoms with Gasteiger partial charge < -0.3 is 9.64 Å². The minimum Gasteiger partial charge on any atom is -0.367 e. The van der Waals surface area contributed by atoms with Gasteiger partial charge in [-0.2, -0.15) is 8.78 Å². The van der Waals surface area contributed by atoms with Crippen LogP contribution in [0, 0.1) is 5.41 Å². The second kappa shape index (κ2) is 6.67. The zero-order valence-electron chi connectivity index (χ0n) is 9.27. The summed E-state index contributed by atoms with van der Waals surface area (Å²) in [5, 5.41) is 7.43. The summed E-state index contributed by atoms with van der Waals surface area (Å²) in [4.78, 5) is 1.58. The van der Waals surface area contributed by atoms with Crippen molar-refractivity contribution in [2.45, 2.75) is 26.2 Å². The van der Waals surface area contributed by atoms with Gasteiger partial charge in [0.05, 0.1) is 0 Å². The Balaban J connectivity index is 3.94. The van der Waals surface area contributed by atoms with E-state index in [0.29, 0.717) is 13.1 Å². The molecule has 0 aromatic rings. The second-order valence-electron chi connectivity index (χ2n) is 3.17. The molecule has 0 rings (SSSR count). The Labute approximate surface area is 91.9 Å². The maximum atomic E-state index is 12.4. The first kappa shape index (κ1) is 15.2. The van der Waals surface area contributed by atoms with Gasteiger partial charge in [-0.05, 0) is 13.8 Å². The summed E-state index contributed by atoms with van der Waals surface area (Å²) >= 11 is 0. The van der Waals surface area contributed by atoms with Crippen molar-refractivity contribution in [1.82, 2.24) is 4.90 Å². The zero-order chi connectivity index (χ0) is 12.8. The Bertz CT molecular complexity index is 220. The molecule has 0 amide bonds. The average Bonchev–Trinajstić information content (AvgIpc) is 2.19. The normalized spacial score (nSPS) is 11.9. The number of ether oxygens (including phenoxy) is 1. The van der Waals surface area contributed by atoms with Gasteiger partial charge in [0.1, 0.15) is 19.0 Å². The van der Waals surface area contributed by atoms with Gasteiger partial charge in [-0.25, -0.2) is 8.78 Å². The predicted octanol–water partition coefficient (Wildman–Crippen LogP) is 2.22. The molecule has 0 aromatic carbocycles. The summed E-state index contributed by atoms with van der Waals surface area (Å²) in [6.45, 7) is 2.93. The molecule has 0 fully saturated rings. The maximum absolute atomic E-state index is 12.4. The van der Waals surface area contributed by atoms with E-state index in [1.165, 1.54) is 0 Å². The fourth-order valence-electron chi connectivity index (χ4n) is 1.04. The highest BCUT2D eigenvalue weighted by molar-refractivity contribution is 5.80. The van der Waals surface area contributed by atoms with Crippen LogP contribution in [0.15, 0.2) is 0 Å². The minimum absolute atomic E-state index is 0.00932. The third-order valence-electron chi connectivity index (χ3n) is 2.00. The first-order chi connectivity index (χ1) is 7.35. The monoisotopic (exact) mass is 244 g/mol. The van der Waals surface area contributed by atoms with Gasteiger partial charge in [0.15, 0.2) is 0 Å². The molecule has 3 nitrogen and oxygen atoms in total. The molecule has 0 spiro atoms. The quantitative estimate of drug-likeness (QED) is 0.423. The van der Waals surface area contributed by atoms with E-state index in [1.807, 2.05) is 0 Å². The van der Waals surface area contributed by atoms with Gasteiger partial charge >= 0.3 is 12.3 Å². The van der Waals surface area contributed by atoms with E-state index >= 15 is 0 Å². The number of hydrogen-bond acceptors (Lipinski definition) is 2. The number of halogens is 4. The third-order valence-corrected chi connectivity index (χ3v) is 2.00. The minimum atomic E-state index is -4.15. The molecule has 0 heterocycles. The molecular weight excluding hydrogens is 228 g/mol. The number of alkyl halides is 4. The van der Waals surface area contributed by atoms with Crippen LogP contribution in [0.1, 0.15) is 13.8 Å². The van der Waals surface area contributed by atoms with Crippen molar-refractivity contribution in [2.75, 3.05) is 26.3 Å². The largest absolute Gasteiger partial charge is 0.367 e. The van der Waals surface area contributed by atoms with Gasteiger partial charge in [0.2, 0.25) is 0 Å². The molecule has 0 aromatic heterocycles. The summed E-state index contributed by atoms with van der Waals surface area (Å²) in [6, 6.07) is 0. The Kier molecular flexibility index (Phi) is 6.32. The van der Waals surface area contributed by atoms with Gasteiger partial charge in [-0.1, -0.05) is 0 Å². The van der Waals surface area contributed by atoms with E-state index in [9.17, 15) is 17.6 Å². The standard InChI is InChI=1S/C9H16F4N2O/c1-3-15(4-2)7(14)5-16-6-9(12,13)8(10)11/h8,14H,3-6H2,1-2H3. The molecule has 0 saturated heterocycles. The highest BCUT2D eigenvalue weighted by atomic mass is 19.3. The molecule has 96 valence electrons. The Morgan fingerprint density at radius 1 is 1.31 bits per heavy atom. The molecule has 0 aliphatic rings. The van der Waals surface area contributed by atoms with Crippen molar-refractivity contribution < 1.29 is 22.3 Å². The smallest absolute Gasteiger partial charge is 0.330 e. The first-order valence-electron chi connectivity index (χ1n) is 4.91. The van der Waals surface area contributed by atoms with Crippen LogP contribution in [0.3, 0.4) is 0 Å². The topological polar surface area (TPSA) is 36.3 Å². The van der Waals surface area contributed by atoms with Crippen LogP contribution in [0.5, 0.6) is 0 Å². The lowest BCUT2D eigenvalue weighted by Crippen LogP contribution is -2.37. The fraction of sp³-hybridized carbons (Fsp3) is 0.889. The third kappa shape index (κ3) is 4.78. The summed E-state index contributed by atoms with van der Waals surface area (Å²) in [7, 11) is 0. The van der Waals surface area contributed by atoms with Crippen LogP contribution in [-0.2, 0) is 4.74 Å². The van der Waals surface area contributed by atoms with Crippen LogP contribution in [0.2, 0.25) is 0 Å². The van der Waals surface area contributed by atoms with Crippen LogP contribution in [-0.4, -0.2) is 49.4 Å². The Hall–Kier alpha value is -0.850. The molecular formula is C9H16F4N2O. The number of nitrogens with zero attached hydrogens (tertiary/aromatic N) is 1. The molecule has 0 unspecified atom stereocenters. The van der Waals surface area contributed by atoms with Crippen molar-refractivity contribution in [3.05, 3.63) is 0 Å². The summed E-state index contributed by atoms with van der Waals surface area (Å²) in [5.41, 5.74) is 0. The van der Waals surface area contributed by atoms with Gasteiger partial charge in [-0.15, -0.1) is 0 Å². The van der Waals surface area contributed by atoms with Crippen molar-refractivity contribution in [3.8, 4) is 0 Å². The molecule has 0 aliphatic heterocycles. The van der Waals surface area contributed by atoms with Crippen LogP contribution >= 0.6 is 0 Å². The lowest BCUT2D eigenvalue weighted by Gasteiger charge is -2.22. The van der Waals surface area contributed by atoms with Gasteiger partial charge in [-0.3, -0.25) is 5.41 Å². The van der Waals surface area contributed by atoms with E-state index in [0.717, 1.165) is 0 Å². The molecule has 0 saturated carbocycles. The van der Waals surface area contributed by atoms with E-state index in [4.69, 9.17) is 5.41 Å². The van der Waals surface area contributed by atoms with E-state index in [2.05, 4.69) is 4.74 Å². The SMILES string of the molecule is CCN(CC)C(=N)COCC(F)(F)C(F)F. The summed E-state index contributed by atoms with van der Waals surface area (Å²) in [6.07, 6.45) is -3.74. The molecule has 0 radical (unpaired) electrons. The van der Waals surface area contributed by atoms with Crippen molar-refractivity contribution in [2.24, 2.45) is 0 Å². The second-order valence-corrected chi connectivity index (χ2v) is 3.17. The van der Waals surface area contributed by atoms with E-state index in [-0.39, 0.29) is 12.4 Å². The predicted molar refractivity (Wildman–Crippen MR) is 52.4 cm³/mol. The lowest BCUT2D eigenvalue weighted by molar-refractivity contribution is -0.162. The highest BCUT2D eigenvalue weighted by Gasteiger charge is 2.41. The van der Waals surface area contributed by atoms with Gasteiger partial charge in [0, 0.05) is 13.1 Å². The van der Waals surface area contributed by atoms with Crippen LogP contribution in [0.4, 0.5) is 17.6 Å². The summed E-state index contributed by atoms with van der Waals surface area (Å²) < 4.78 is 52.7. The summed E-state index contributed by atoms with van der Waals surface area (Å²) in [5.74, 6) is -4.14. The number of hydrogen-bond donors (Lipinski definition) is 1. The fourth-order valence-corrected chi connectivity index (χ4v) is 1.04. The van der Waals surface area contributed by atoms with Crippen molar-refractivity contribution in [1.29, 1.82) is 5.41 Å². The number of nitrogens with one attached hydrogen (secondary N) is 1. The molecule has 7 heteroatoms. The van der Waals surface area contributed by atoms with Crippen LogP contribution in [0.25, 0.3) is 0 Å². The van der Waals surface area contributed by atoms with Crippen LogP contribution < -0.4 is 0 Å². The van der Waals surface area contributed by atoms with E-state index < -0.39 is 19.0 Å². The molecule has 1 N–H and O–H groups in total. The molecule has 0 bridgehead atoms. The van der Waals surface area contributed by atoms with E-state index in [1.54, 1.807) is 18.7 Å². The zero-order valence-corrected chi connectivity index (χ0v) is 9.27. The maximum Gasteiger partial charge on any atom is 0.330 e. The average molecular weight is 244 g/mol. The van der Waals surface area contributed by atoms with Crippen molar-refractivity contribution >= 4 is 5.84 Å². The Morgan fingerprint density at radius 3 is 2.19 bits per heavy atom. The van der Waals surface area contributed by atoms with Crippen molar-refractivity contribution in [3.63, 3.8) is 0 Å². The van der Waals surface area contributed by atoms with Gasteiger partial charge in [0.25, 0.3) is 0 Å².